The fourth-order valence-corrected chi connectivity index (χ4v) is 1.60. The number of hydrogen-bond acceptors (Lipinski definition) is 3. The molecule has 1 atom stereocenters. The van der Waals surface area contributed by atoms with Gasteiger partial charge in [-0.05, 0) is 24.9 Å². The third-order valence-electron chi connectivity index (χ3n) is 2.29. The van der Waals surface area contributed by atoms with Crippen LogP contribution in [0.2, 0.25) is 0 Å². The van der Waals surface area contributed by atoms with Crippen LogP contribution in [0.1, 0.15) is 18.9 Å². The number of aryl methyl sites for hydroxylation is 1. The van der Waals surface area contributed by atoms with Crippen molar-refractivity contribution in [3.63, 3.8) is 0 Å². The van der Waals surface area contributed by atoms with Crippen LogP contribution in [0.25, 0.3) is 0 Å². The average molecular weight is 211 g/mol. The maximum atomic E-state index is 5.19. The highest BCUT2D eigenvalue weighted by molar-refractivity contribution is 5.05. The van der Waals surface area contributed by atoms with Crippen molar-refractivity contribution in [1.29, 1.82) is 0 Å². The second kappa shape index (κ2) is 6.58. The van der Waals surface area contributed by atoms with Gasteiger partial charge in [0.2, 0.25) is 0 Å². The topological polar surface area (TPSA) is 39.1 Å². The normalized spacial score (nSPS) is 13.0. The molecule has 1 rings (SSSR count). The first-order valence-corrected chi connectivity index (χ1v) is 5.46. The Morgan fingerprint density at radius 3 is 2.93 bits per heavy atom. The molecular weight excluding hydrogens is 190 g/mol. The molecular formula is C11H21N3O. The van der Waals surface area contributed by atoms with Crippen molar-refractivity contribution >= 4 is 0 Å². The van der Waals surface area contributed by atoms with Crippen molar-refractivity contribution in [3.8, 4) is 0 Å². The Balaban J connectivity index is 2.42. The van der Waals surface area contributed by atoms with Crippen LogP contribution in [-0.2, 0) is 18.2 Å². The molecule has 0 amide bonds. The molecule has 0 aliphatic carbocycles. The van der Waals surface area contributed by atoms with Crippen molar-refractivity contribution in [2.24, 2.45) is 7.05 Å². The van der Waals surface area contributed by atoms with Crippen LogP contribution >= 0.6 is 0 Å². The Bertz CT molecular complexity index is 273. The predicted molar refractivity (Wildman–Crippen MR) is 60.9 cm³/mol. The van der Waals surface area contributed by atoms with Gasteiger partial charge in [0, 0.05) is 26.4 Å². The predicted octanol–water partition coefficient (Wildman–Crippen LogP) is 0.977. The zero-order chi connectivity index (χ0) is 11.1. The first-order chi connectivity index (χ1) is 7.26. The molecule has 0 saturated carbocycles. The van der Waals surface area contributed by atoms with Gasteiger partial charge in [-0.25, -0.2) is 0 Å². The summed E-state index contributed by atoms with van der Waals surface area (Å²) in [6.07, 6.45) is 6.08. The number of hydrogen-bond donors (Lipinski definition) is 1. The third kappa shape index (κ3) is 4.44. The molecule has 0 aliphatic heterocycles. The molecule has 0 aromatic carbocycles. The van der Waals surface area contributed by atoms with E-state index in [1.165, 1.54) is 5.56 Å². The number of nitrogens with zero attached hydrogens (tertiary/aromatic N) is 2. The Labute approximate surface area is 91.6 Å². The monoisotopic (exact) mass is 211 g/mol. The molecule has 15 heavy (non-hydrogen) atoms. The van der Waals surface area contributed by atoms with Crippen LogP contribution in [0.3, 0.4) is 0 Å². The van der Waals surface area contributed by atoms with Crippen LogP contribution < -0.4 is 5.32 Å². The number of aromatic nitrogens is 2. The Morgan fingerprint density at radius 1 is 1.60 bits per heavy atom. The van der Waals surface area contributed by atoms with Crippen LogP contribution in [-0.4, -0.2) is 36.1 Å². The van der Waals surface area contributed by atoms with Gasteiger partial charge in [-0.15, -0.1) is 0 Å². The quantitative estimate of drug-likeness (QED) is 0.730. The lowest BCUT2D eigenvalue weighted by molar-refractivity contribution is 0.166. The van der Waals surface area contributed by atoms with Gasteiger partial charge in [0.25, 0.3) is 0 Å². The lowest BCUT2D eigenvalue weighted by Gasteiger charge is -2.16. The minimum absolute atomic E-state index is 0.388. The fourth-order valence-electron chi connectivity index (χ4n) is 1.60. The van der Waals surface area contributed by atoms with Gasteiger partial charge in [0.1, 0.15) is 0 Å². The van der Waals surface area contributed by atoms with E-state index in [0.29, 0.717) is 6.04 Å². The molecule has 1 unspecified atom stereocenters. The van der Waals surface area contributed by atoms with Gasteiger partial charge >= 0.3 is 0 Å². The lowest BCUT2D eigenvalue weighted by Crippen LogP contribution is -2.35. The molecule has 0 aliphatic rings. The molecule has 86 valence electrons. The summed E-state index contributed by atoms with van der Waals surface area (Å²) >= 11 is 0. The van der Waals surface area contributed by atoms with Crippen molar-refractivity contribution in [3.05, 3.63) is 18.0 Å². The fraction of sp³-hybridized carbons (Fsp3) is 0.727. The lowest BCUT2D eigenvalue weighted by atomic mass is 10.1. The van der Waals surface area contributed by atoms with E-state index in [9.17, 15) is 0 Å². The summed E-state index contributed by atoms with van der Waals surface area (Å²) in [4.78, 5) is 0. The molecule has 1 aromatic heterocycles. The van der Waals surface area contributed by atoms with Crippen LogP contribution in [0.4, 0.5) is 0 Å². The molecule has 1 heterocycles. The summed E-state index contributed by atoms with van der Waals surface area (Å²) in [6.45, 7) is 3.95. The summed E-state index contributed by atoms with van der Waals surface area (Å²) < 4.78 is 7.02. The SMILES string of the molecule is CCCNC(COC)Cc1cnn(C)c1. The molecule has 1 N–H and O–H groups in total. The maximum absolute atomic E-state index is 5.19. The third-order valence-corrected chi connectivity index (χ3v) is 2.29. The molecule has 0 bridgehead atoms. The highest BCUT2D eigenvalue weighted by atomic mass is 16.5. The van der Waals surface area contributed by atoms with Crippen molar-refractivity contribution in [2.45, 2.75) is 25.8 Å². The smallest absolute Gasteiger partial charge is 0.0619 e. The minimum Gasteiger partial charge on any atom is -0.383 e. The van der Waals surface area contributed by atoms with E-state index in [2.05, 4.69) is 23.5 Å². The molecule has 0 saturated heterocycles. The average Bonchev–Trinajstić information content (AvgIpc) is 2.61. The van der Waals surface area contributed by atoms with E-state index in [4.69, 9.17) is 4.74 Å². The molecule has 0 fully saturated rings. The van der Waals surface area contributed by atoms with Crippen molar-refractivity contribution in [1.82, 2.24) is 15.1 Å². The summed E-state index contributed by atoms with van der Waals surface area (Å²) in [6, 6.07) is 0.388. The standard InChI is InChI=1S/C11H21N3O/c1-4-5-12-11(9-15-3)6-10-7-13-14(2)8-10/h7-8,11-12H,4-6,9H2,1-3H3. The first kappa shape index (κ1) is 12.2. The van der Waals surface area contributed by atoms with Crippen LogP contribution in [0.5, 0.6) is 0 Å². The van der Waals surface area contributed by atoms with Gasteiger partial charge < -0.3 is 10.1 Å². The van der Waals surface area contributed by atoms with Gasteiger partial charge in [-0.2, -0.15) is 5.10 Å². The van der Waals surface area contributed by atoms with Gasteiger partial charge in [-0.3, -0.25) is 4.68 Å². The summed E-state index contributed by atoms with van der Waals surface area (Å²) in [5.41, 5.74) is 1.25. The largest absolute Gasteiger partial charge is 0.383 e. The van der Waals surface area contributed by atoms with Gasteiger partial charge in [0.15, 0.2) is 0 Å². The maximum Gasteiger partial charge on any atom is 0.0619 e. The highest BCUT2D eigenvalue weighted by Gasteiger charge is 2.09. The summed E-state index contributed by atoms with van der Waals surface area (Å²) in [5.74, 6) is 0. The number of methoxy groups -OCH3 is 1. The molecule has 0 radical (unpaired) electrons. The van der Waals surface area contributed by atoms with E-state index >= 15 is 0 Å². The molecule has 1 aromatic rings. The Kier molecular flexibility index (Phi) is 5.36. The first-order valence-electron chi connectivity index (χ1n) is 5.46. The minimum atomic E-state index is 0.388. The van der Waals surface area contributed by atoms with E-state index in [1.807, 2.05) is 17.9 Å². The van der Waals surface area contributed by atoms with Crippen LogP contribution in [0.15, 0.2) is 12.4 Å². The van der Waals surface area contributed by atoms with E-state index < -0.39 is 0 Å². The summed E-state index contributed by atoms with van der Waals surface area (Å²) in [7, 11) is 3.68. The zero-order valence-electron chi connectivity index (χ0n) is 9.86. The van der Waals surface area contributed by atoms with Crippen molar-refractivity contribution < 1.29 is 4.74 Å². The summed E-state index contributed by atoms with van der Waals surface area (Å²) in [5, 5.41) is 7.62. The molecule has 4 heteroatoms. The number of rotatable bonds is 7. The highest BCUT2D eigenvalue weighted by Crippen LogP contribution is 2.02. The second-order valence-corrected chi connectivity index (χ2v) is 3.83. The Hall–Kier alpha value is -0.870. The molecule has 0 spiro atoms. The van der Waals surface area contributed by atoms with E-state index in [1.54, 1.807) is 7.11 Å². The van der Waals surface area contributed by atoms with E-state index in [0.717, 1.165) is 26.0 Å². The van der Waals surface area contributed by atoms with Crippen LogP contribution in [0, 0.1) is 0 Å². The van der Waals surface area contributed by atoms with Crippen molar-refractivity contribution in [2.75, 3.05) is 20.3 Å². The Morgan fingerprint density at radius 2 is 2.40 bits per heavy atom. The van der Waals surface area contributed by atoms with E-state index in [-0.39, 0.29) is 0 Å². The molecule has 4 nitrogen and oxygen atoms in total. The number of ether oxygens (including phenoxy) is 1. The number of nitrogens with one attached hydrogen (secondary N) is 1. The zero-order valence-corrected chi connectivity index (χ0v) is 9.86. The van der Waals surface area contributed by atoms with Gasteiger partial charge in [-0.1, -0.05) is 6.92 Å². The van der Waals surface area contributed by atoms with Gasteiger partial charge in [0.05, 0.1) is 12.8 Å². The second-order valence-electron chi connectivity index (χ2n) is 3.83.